The van der Waals surface area contributed by atoms with Crippen LogP contribution in [0.25, 0.3) is 0 Å². The van der Waals surface area contributed by atoms with Crippen LogP contribution in [0.3, 0.4) is 0 Å². The molecule has 4 rings (SSSR count). The SMILES string of the molecule is C[C@@H]1[C@H]2C[C@@]3(C(=CC(=O)[C@H]3C)[C@]13COC3=O)[C@@H](O)C(=O)O2. The number of allylic oxidation sites excluding steroid dienone is 1. The number of ether oxygens (including phenoxy) is 2. The van der Waals surface area contributed by atoms with Crippen molar-refractivity contribution in [2.45, 2.75) is 32.5 Å². The molecular formula is C15H16O6. The van der Waals surface area contributed by atoms with Crippen molar-refractivity contribution in [3.05, 3.63) is 11.6 Å². The summed E-state index contributed by atoms with van der Waals surface area (Å²) in [6.45, 7) is 3.73. The molecule has 112 valence electrons. The maximum Gasteiger partial charge on any atom is 0.336 e. The van der Waals surface area contributed by atoms with E-state index in [0.717, 1.165) is 0 Å². The van der Waals surface area contributed by atoms with E-state index in [1.807, 2.05) is 6.92 Å². The van der Waals surface area contributed by atoms with Gasteiger partial charge in [-0.3, -0.25) is 9.59 Å². The van der Waals surface area contributed by atoms with Gasteiger partial charge in [-0.1, -0.05) is 13.8 Å². The lowest BCUT2D eigenvalue weighted by Gasteiger charge is -2.60. The van der Waals surface area contributed by atoms with Crippen molar-refractivity contribution in [1.29, 1.82) is 0 Å². The molecule has 4 aliphatic rings. The summed E-state index contributed by atoms with van der Waals surface area (Å²) in [7, 11) is 0. The highest BCUT2D eigenvalue weighted by molar-refractivity contribution is 6.02. The number of hydrogen-bond donors (Lipinski definition) is 1. The van der Waals surface area contributed by atoms with Crippen molar-refractivity contribution in [1.82, 2.24) is 0 Å². The Morgan fingerprint density at radius 1 is 1.29 bits per heavy atom. The van der Waals surface area contributed by atoms with E-state index in [9.17, 15) is 19.5 Å². The van der Waals surface area contributed by atoms with Gasteiger partial charge in [-0.2, -0.15) is 0 Å². The maximum absolute atomic E-state index is 12.2. The van der Waals surface area contributed by atoms with Gasteiger partial charge in [-0.25, -0.2) is 4.79 Å². The van der Waals surface area contributed by atoms with E-state index >= 15 is 0 Å². The number of esters is 2. The minimum absolute atomic E-state index is 0.148. The second-order valence-electron chi connectivity index (χ2n) is 6.64. The van der Waals surface area contributed by atoms with Gasteiger partial charge in [-0.05, 0) is 18.1 Å². The summed E-state index contributed by atoms with van der Waals surface area (Å²) in [5, 5.41) is 10.4. The third-order valence-electron chi connectivity index (χ3n) is 6.12. The highest BCUT2D eigenvalue weighted by Gasteiger charge is 2.74. The van der Waals surface area contributed by atoms with Gasteiger partial charge >= 0.3 is 11.9 Å². The van der Waals surface area contributed by atoms with Gasteiger partial charge in [0, 0.05) is 17.3 Å². The number of cyclic esters (lactones) is 1. The second kappa shape index (κ2) is 3.55. The molecule has 0 aromatic rings. The van der Waals surface area contributed by atoms with E-state index < -0.39 is 34.9 Å². The van der Waals surface area contributed by atoms with Crippen LogP contribution in [0.2, 0.25) is 0 Å². The Morgan fingerprint density at radius 2 is 2.00 bits per heavy atom. The average molecular weight is 292 g/mol. The van der Waals surface area contributed by atoms with Crippen LogP contribution in [-0.4, -0.2) is 41.6 Å². The highest BCUT2D eigenvalue weighted by Crippen LogP contribution is 2.66. The molecule has 0 amide bonds. The molecule has 0 aromatic heterocycles. The maximum atomic E-state index is 12.2. The lowest BCUT2D eigenvalue weighted by Crippen LogP contribution is -2.69. The fourth-order valence-corrected chi connectivity index (χ4v) is 4.65. The first kappa shape index (κ1) is 13.0. The molecule has 2 aliphatic heterocycles. The Balaban J connectivity index is 1.97. The smallest absolute Gasteiger partial charge is 0.336 e. The zero-order valence-electron chi connectivity index (χ0n) is 11.8. The Kier molecular flexibility index (Phi) is 2.20. The van der Waals surface area contributed by atoms with Crippen LogP contribution < -0.4 is 0 Å². The van der Waals surface area contributed by atoms with Crippen molar-refractivity contribution < 1.29 is 29.0 Å². The molecule has 1 N–H and O–H groups in total. The average Bonchev–Trinajstić information content (AvgIpc) is 2.69. The van der Waals surface area contributed by atoms with E-state index in [4.69, 9.17) is 9.47 Å². The molecule has 21 heavy (non-hydrogen) atoms. The third-order valence-corrected chi connectivity index (χ3v) is 6.12. The molecule has 2 heterocycles. The topological polar surface area (TPSA) is 89.9 Å². The normalized spacial score (nSPS) is 51.0. The van der Waals surface area contributed by atoms with Crippen LogP contribution in [-0.2, 0) is 23.9 Å². The Labute approximate surface area is 121 Å². The minimum Gasteiger partial charge on any atom is -0.463 e. The molecule has 6 atom stereocenters. The number of hydrogen-bond acceptors (Lipinski definition) is 6. The second-order valence-corrected chi connectivity index (χ2v) is 6.64. The molecule has 0 aromatic carbocycles. The van der Waals surface area contributed by atoms with Crippen LogP contribution in [0, 0.1) is 22.7 Å². The van der Waals surface area contributed by atoms with Crippen molar-refractivity contribution in [2.75, 3.05) is 6.61 Å². The lowest BCUT2D eigenvalue weighted by atomic mass is 9.48. The van der Waals surface area contributed by atoms with Gasteiger partial charge < -0.3 is 14.6 Å². The number of fused-ring (bicyclic) bond motifs is 2. The first-order valence-corrected chi connectivity index (χ1v) is 7.18. The first-order chi connectivity index (χ1) is 9.85. The molecule has 2 spiro atoms. The highest BCUT2D eigenvalue weighted by atomic mass is 16.6. The number of carbonyl (C=O) groups excluding carboxylic acids is 3. The predicted octanol–water partition coefficient (Wildman–Crippen LogP) is -0.0127. The summed E-state index contributed by atoms with van der Waals surface area (Å²) in [5.41, 5.74) is -1.36. The molecule has 6 nitrogen and oxygen atoms in total. The largest absolute Gasteiger partial charge is 0.463 e. The van der Waals surface area contributed by atoms with Gasteiger partial charge in [0.2, 0.25) is 0 Å². The van der Waals surface area contributed by atoms with E-state index in [1.165, 1.54) is 6.08 Å². The van der Waals surface area contributed by atoms with Crippen LogP contribution in [0.1, 0.15) is 20.3 Å². The molecule has 2 saturated heterocycles. The van der Waals surface area contributed by atoms with E-state index in [-0.39, 0.29) is 24.3 Å². The fraction of sp³-hybridized carbons (Fsp3) is 0.667. The van der Waals surface area contributed by atoms with Crippen molar-refractivity contribution in [2.24, 2.45) is 22.7 Å². The van der Waals surface area contributed by atoms with Crippen molar-refractivity contribution >= 4 is 17.7 Å². The summed E-state index contributed by atoms with van der Waals surface area (Å²) in [6, 6.07) is 0. The van der Waals surface area contributed by atoms with Gasteiger partial charge in [0.1, 0.15) is 18.1 Å². The lowest BCUT2D eigenvalue weighted by molar-refractivity contribution is -0.229. The van der Waals surface area contributed by atoms with Gasteiger partial charge in [0.25, 0.3) is 0 Å². The van der Waals surface area contributed by atoms with E-state index in [0.29, 0.717) is 12.0 Å². The third kappa shape index (κ3) is 1.14. The predicted molar refractivity (Wildman–Crippen MR) is 67.7 cm³/mol. The molecule has 3 fully saturated rings. The number of rotatable bonds is 0. The van der Waals surface area contributed by atoms with Crippen LogP contribution in [0.5, 0.6) is 0 Å². The zero-order chi connectivity index (χ0) is 15.2. The Morgan fingerprint density at radius 3 is 2.57 bits per heavy atom. The number of carbonyl (C=O) groups is 3. The van der Waals surface area contributed by atoms with E-state index in [1.54, 1.807) is 6.92 Å². The number of aliphatic hydroxyl groups excluding tert-OH is 1. The molecule has 6 heteroatoms. The molecule has 0 unspecified atom stereocenters. The first-order valence-electron chi connectivity index (χ1n) is 7.18. The van der Waals surface area contributed by atoms with Crippen LogP contribution in [0.15, 0.2) is 11.6 Å². The summed E-state index contributed by atoms with van der Waals surface area (Å²) in [5.74, 6) is -2.02. The van der Waals surface area contributed by atoms with Gasteiger partial charge in [0.15, 0.2) is 11.9 Å². The quantitative estimate of drug-likeness (QED) is 0.631. The Hall–Kier alpha value is -1.69. The molecular weight excluding hydrogens is 276 g/mol. The van der Waals surface area contributed by atoms with Crippen molar-refractivity contribution in [3.8, 4) is 0 Å². The Bertz CT molecular complexity index is 622. The van der Waals surface area contributed by atoms with Gasteiger partial charge in [0.05, 0.1) is 0 Å². The van der Waals surface area contributed by atoms with Gasteiger partial charge in [-0.15, -0.1) is 0 Å². The van der Waals surface area contributed by atoms with Crippen LogP contribution >= 0.6 is 0 Å². The number of aliphatic hydroxyl groups is 1. The zero-order valence-corrected chi connectivity index (χ0v) is 11.8. The van der Waals surface area contributed by atoms with Crippen molar-refractivity contribution in [3.63, 3.8) is 0 Å². The molecule has 1 saturated carbocycles. The standard InChI is InChI=1S/C15H16O6/c1-6-8(16)3-10-14(6)4-9(21-12(18)11(14)17)7(2)15(10)5-20-13(15)19/h3,6-7,9,11,17H,4-5H2,1-2H3/t6-,7-,9-,11+,14-,15+/m1/s1. The fourth-order valence-electron chi connectivity index (χ4n) is 4.65. The van der Waals surface area contributed by atoms with E-state index in [2.05, 4.69) is 0 Å². The summed E-state index contributed by atoms with van der Waals surface area (Å²) in [4.78, 5) is 36.4. The van der Waals surface area contributed by atoms with Crippen LogP contribution in [0.4, 0.5) is 0 Å². The molecule has 0 radical (unpaired) electrons. The monoisotopic (exact) mass is 292 g/mol. The minimum atomic E-state index is -1.40. The summed E-state index contributed by atoms with van der Waals surface area (Å²) in [6.07, 6.45) is -0.0347. The summed E-state index contributed by atoms with van der Waals surface area (Å²) >= 11 is 0. The molecule has 2 bridgehead atoms. The molecule has 2 aliphatic carbocycles. The summed E-state index contributed by atoms with van der Waals surface area (Å²) < 4.78 is 10.3. The number of ketones is 1.